The summed E-state index contributed by atoms with van der Waals surface area (Å²) in [5.74, 6) is 0.887. The highest BCUT2D eigenvalue weighted by molar-refractivity contribution is 6.30. The Morgan fingerprint density at radius 2 is 1.78 bits per heavy atom. The molecule has 0 bridgehead atoms. The van der Waals surface area contributed by atoms with Gasteiger partial charge in [-0.05, 0) is 24.1 Å². The van der Waals surface area contributed by atoms with Crippen molar-refractivity contribution in [2.24, 2.45) is 0 Å². The number of Topliss-reactive ketones (excluding diaryl/α,β-unsaturated/α-hetero) is 1. The first-order chi connectivity index (χ1) is 17.5. The summed E-state index contributed by atoms with van der Waals surface area (Å²) in [7, 11) is 0. The second-order valence-electron chi connectivity index (χ2n) is 8.63. The monoisotopic (exact) mass is 500 g/mol. The molecule has 0 amide bonds. The third-order valence-corrected chi connectivity index (χ3v) is 6.39. The highest BCUT2D eigenvalue weighted by Gasteiger charge is 2.16. The molecule has 3 heterocycles. The normalized spacial score (nSPS) is 11.3. The number of hydrogen-bond acceptors (Lipinski definition) is 5. The zero-order chi connectivity index (χ0) is 25.1. The Kier molecular flexibility index (Phi) is 6.82. The Morgan fingerprint density at radius 1 is 1.03 bits per heavy atom. The van der Waals surface area contributed by atoms with Crippen molar-refractivity contribution in [3.63, 3.8) is 0 Å². The number of carbonyl (C=O) groups excluding carboxylic acids is 1. The molecule has 0 saturated heterocycles. The number of rotatable bonds is 9. The molecule has 0 atom stereocenters. The second kappa shape index (κ2) is 10.3. The van der Waals surface area contributed by atoms with Gasteiger partial charge in [0.15, 0.2) is 5.78 Å². The molecule has 7 nitrogen and oxygen atoms in total. The van der Waals surface area contributed by atoms with Gasteiger partial charge in [-0.3, -0.25) is 14.0 Å². The number of nitrogens with zero attached hydrogens (tertiary/aromatic N) is 4. The molecule has 5 rings (SSSR count). The molecule has 0 radical (unpaired) electrons. The van der Waals surface area contributed by atoms with Gasteiger partial charge in [0.1, 0.15) is 6.26 Å². The molecule has 0 aliphatic heterocycles. The number of carbonyl (C=O) groups is 1. The minimum Gasteiger partial charge on any atom is -0.449 e. The van der Waals surface area contributed by atoms with E-state index in [2.05, 4.69) is 16.5 Å². The van der Waals surface area contributed by atoms with E-state index in [1.165, 1.54) is 12.5 Å². The first kappa shape index (κ1) is 23.8. The predicted octanol–water partition coefficient (Wildman–Crippen LogP) is 6.09. The lowest BCUT2D eigenvalue weighted by molar-refractivity contribution is 0.0985. The first-order valence-corrected chi connectivity index (χ1v) is 12.3. The maximum Gasteiger partial charge on any atom is 0.259 e. The van der Waals surface area contributed by atoms with E-state index >= 15 is 0 Å². The van der Waals surface area contributed by atoms with E-state index in [9.17, 15) is 9.59 Å². The summed E-state index contributed by atoms with van der Waals surface area (Å²) in [5.41, 5.74) is 3.60. The molecule has 182 valence electrons. The van der Waals surface area contributed by atoms with Crippen molar-refractivity contribution in [3.05, 3.63) is 100 Å². The van der Waals surface area contributed by atoms with Crippen molar-refractivity contribution < 1.29 is 9.21 Å². The van der Waals surface area contributed by atoms with Crippen LogP contribution in [0.5, 0.6) is 0 Å². The Labute approximate surface area is 213 Å². The van der Waals surface area contributed by atoms with Gasteiger partial charge in [0, 0.05) is 35.0 Å². The van der Waals surface area contributed by atoms with Crippen LogP contribution < -0.4 is 5.56 Å². The van der Waals surface area contributed by atoms with Crippen LogP contribution in [0.15, 0.2) is 82.5 Å². The van der Waals surface area contributed by atoms with E-state index in [1.54, 1.807) is 28.8 Å². The van der Waals surface area contributed by atoms with Crippen LogP contribution >= 0.6 is 11.6 Å². The summed E-state index contributed by atoms with van der Waals surface area (Å²) < 4.78 is 8.86. The topological polar surface area (TPSA) is 82.4 Å². The van der Waals surface area contributed by atoms with Crippen molar-refractivity contribution in [2.45, 2.75) is 39.2 Å². The van der Waals surface area contributed by atoms with E-state index in [0.717, 1.165) is 42.6 Å². The number of ketones is 1. The second-order valence-corrected chi connectivity index (χ2v) is 9.07. The van der Waals surface area contributed by atoms with Crippen molar-refractivity contribution in [1.29, 1.82) is 0 Å². The minimum absolute atomic E-state index is 0.0827. The lowest BCUT2D eigenvalue weighted by Crippen LogP contribution is -2.18. The molecule has 3 aromatic heterocycles. The van der Waals surface area contributed by atoms with Gasteiger partial charge < -0.3 is 8.98 Å². The Balaban J connectivity index is 1.55. The average Bonchev–Trinajstić information content (AvgIpc) is 3.57. The van der Waals surface area contributed by atoms with Gasteiger partial charge in [-0.25, -0.2) is 9.97 Å². The van der Waals surface area contributed by atoms with Gasteiger partial charge in [0.25, 0.3) is 5.56 Å². The number of aryl methyl sites for hydroxylation is 1. The summed E-state index contributed by atoms with van der Waals surface area (Å²) in [4.78, 5) is 34.6. The predicted molar refractivity (Wildman–Crippen MR) is 139 cm³/mol. The maximum atomic E-state index is 13.1. The Morgan fingerprint density at radius 3 is 2.47 bits per heavy atom. The highest BCUT2D eigenvalue weighted by atomic mass is 35.5. The van der Waals surface area contributed by atoms with Crippen LogP contribution in [0.1, 0.15) is 42.4 Å². The number of aromatic nitrogens is 4. The van der Waals surface area contributed by atoms with Gasteiger partial charge in [-0.1, -0.05) is 67.8 Å². The van der Waals surface area contributed by atoms with Gasteiger partial charge in [-0.2, -0.15) is 0 Å². The van der Waals surface area contributed by atoms with Crippen LogP contribution in [0.4, 0.5) is 0 Å². The maximum absolute atomic E-state index is 13.1. The summed E-state index contributed by atoms with van der Waals surface area (Å²) in [6.45, 7) is 2.87. The molecule has 0 aliphatic carbocycles. The largest absolute Gasteiger partial charge is 0.449 e. The van der Waals surface area contributed by atoms with Crippen molar-refractivity contribution in [3.8, 4) is 22.5 Å². The van der Waals surface area contributed by atoms with E-state index in [1.807, 2.05) is 36.4 Å². The number of imidazole rings is 1. The van der Waals surface area contributed by atoms with Crippen LogP contribution in [-0.4, -0.2) is 24.7 Å². The molecule has 8 heteroatoms. The van der Waals surface area contributed by atoms with Gasteiger partial charge in [0.2, 0.25) is 11.7 Å². The summed E-state index contributed by atoms with van der Waals surface area (Å²) in [6.07, 6.45) is 7.94. The molecule has 5 aromatic rings. The molecule has 0 fully saturated rings. The SMILES string of the molecule is CCCCCn1c(-c2ccc(C(=O)Cc3ncco3)cc2)cc(=O)n2cc(-c3ccc(Cl)cc3)nc12. The number of unbranched alkanes of at least 4 members (excludes halogenated alkanes) is 2. The molecule has 0 unspecified atom stereocenters. The van der Waals surface area contributed by atoms with Crippen LogP contribution in [-0.2, 0) is 13.0 Å². The third kappa shape index (κ3) is 4.88. The average molecular weight is 501 g/mol. The molecule has 0 aliphatic rings. The number of benzene rings is 2. The number of hydrogen-bond donors (Lipinski definition) is 0. The quantitative estimate of drug-likeness (QED) is 0.181. The zero-order valence-corrected chi connectivity index (χ0v) is 20.6. The lowest BCUT2D eigenvalue weighted by atomic mass is 10.0. The van der Waals surface area contributed by atoms with E-state index in [-0.39, 0.29) is 17.8 Å². The van der Waals surface area contributed by atoms with Crippen molar-refractivity contribution >= 4 is 23.2 Å². The summed E-state index contributed by atoms with van der Waals surface area (Å²) in [5, 5.41) is 0.645. The van der Waals surface area contributed by atoms with Crippen molar-refractivity contribution in [2.75, 3.05) is 0 Å². The summed E-state index contributed by atoms with van der Waals surface area (Å²) in [6, 6.07) is 16.3. The lowest BCUT2D eigenvalue weighted by Gasteiger charge is -2.15. The smallest absolute Gasteiger partial charge is 0.259 e. The highest BCUT2D eigenvalue weighted by Crippen LogP contribution is 2.25. The van der Waals surface area contributed by atoms with Crippen molar-refractivity contribution in [1.82, 2.24) is 18.9 Å². The van der Waals surface area contributed by atoms with Gasteiger partial charge in [-0.15, -0.1) is 0 Å². The Hall–Kier alpha value is -3.97. The fourth-order valence-corrected chi connectivity index (χ4v) is 4.37. The van der Waals surface area contributed by atoms with Gasteiger partial charge >= 0.3 is 0 Å². The molecule has 0 spiro atoms. The molecule has 36 heavy (non-hydrogen) atoms. The van der Waals surface area contributed by atoms with Crippen LogP contribution in [0.25, 0.3) is 28.3 Å². The minimum atomic E-state index is -0.163. The molecular formula is C28H25ClN4O3. The van der Waals surface area contributed by atoms with Crippen LogP contribution in [0.3, 0.4) is 0 Å². The third-order valence-electron chi connectivity index (χ3n) is 6.14. The number of halogens is 1. The first-order valence-electron chi connectivity index (χ1n) is 11.9. The van der Waals surface area contributed by atoms with Crippen LogP contribution in [0.2, 0.25) is 5.02 Å². The fourth-order valence-electron chi connectivity index (χ4n) is 4.24. The fraction of sp³-hybridized carbons (Fsp3) is 0.214. The summed E-state index contributed by atoms with van der Waals surface area (Å²) >= 11 is 6.05. The number of fused-ring (bicyclic) bond motifs is 1. The number of oxazole rings is 1. The van der Waals surface area contributed by atoms with E-state index < -0.39 is 0 Å². The van der Waals surface area contributed by atoms with E-state index in [4.69, 9.17) is 21.0 Å². The van der Waals surface area contributed by atoms with Gasteiger partial charge in [0.05, 0.1) is 24.0 Å². The zero-order valence-electron chi connectivity index (χ0n) is 19.9. The molecule has 2 aromatic carbocycles. The molecule has 0 N–H and O–H groups in total. The molecular weight excluding hydrogens is 476 g/mol. The van der Waals surface area contributed by atoms with E-state index in [0.29, 0.717) is 27.9 Å². The molecule has 0 saturated carbocycles. The standard InChI is InChI=1S/C28H25ClN4O3/c1-2-3-4-14-32-24(20-5-7-21(8-6-20)25(34)17-26-30-13-15-36-26)16-27(35)33-18-23(31-28(32)33)19-9-11-22(29)12-10-19/h5-13,15-16,18H,2-4,14,17H2,1H3. The Bertz CT molecular complexity index is 1550. The van der Waals surface area contributed by atoms with Crippen LogP contribution in [0, 0.1) is 0 Å².